The maximum absolute atomic E-state index is 13.2. The van der Waals surface area contributed by atoms with E-state index in [0.29, 0.717) is 33.5 Å². The monoisotopic (exact) mass is 430 g/mol. The molecule has 1 heterocycles. The summed E-state index contributed by atoms with van der Waals surface area (Å²) in [6.45, 7) is 1.89. The van der Waals surface area contributed by atoms with Crippen molar-refractivity contribution < 1.29 is 17.9 Å². The van der Waals surface area contributed by atoms with Crippen LogP contribution in [0.25, 0.3) is 10.9 Å². The van der Waals surface area contributed by atoms with Gasteiger partial charge in [0.2, 0.25) is 0 Å². The smallest absolute Gasteiger partial charge is 0.268 e. The molecule has 0 aliphatic rings. The number of fused-ring (bicyclic) bond motifs is 1. The summed E-state index contributed by atoms with van der Waals surface area (Å²) in [4.78, 5) is 11.5. The van der Waals surface area contributed by atoms with Crippen LogP contribution < -0.4 is 4.74 Å². The van der Waals surface area contributed by atoms with E-state index < -0.39 is 10.0 Å². The molecule has 0 bridgehead atoms. The Morgan fingerprint density at radius 1 is 1.06 bits per heavy atom. The Bertz CT molecular complexity index is 1430. The molecule has 0 amide bonds. The van der Waals surface area contributed by atoms with E-state index in [2.05, 4.69) is 6.07 Å². The van der Waals surface area contributed by atoms with Crippen molar-refractivity contribution in [3.8, 4) is 17.6 Å². The van der Waals surface area contributed by atoms with Crippen LogP contribution in [0, 0.1) is 18.3 Å². The van der Waals surface area contributed by atoms with Gasteiger partial charge >= 0.3 is 0 Å². The van der Waals surface area contributed by atoms with Gasteiger partial charge < -0.3 is 9.53 Å². The molecular formula is C24H18N2O4S. The molecule has 1 aromatic heterocycles. The third-order valence-corrected chi connectivity index (χ3v) is 6.67. The summed E-state index contributed by atoms with van der Waals surface area (Å²) in [5.74, 6) is 0.887. The number of benzene rings is 3. The van der Waals surface area contributed by atoms with E-state index in [1.807, 2.05) is 6.92 Å². The molecule has 0 radical (unpaired) electrons. The Morgan fingerprint density at radius 2 is 1.84 bits per heavy atom. The standard InChI is InChI=1S/C24H18N2O4S/c1-17-5-7-20(8-6-17)31(28,29)26-13-11-21-22(12-14-27)24(10-9-23(21)26)30-19-4-2-3-18(15-19)16-25/h2-11,13-15H,12H2,1H3. The zero-order valence-electron chi connectivity index (χ0n) is 16.6. The molecule has 0 saturated carbocycles. The quantitative estimate of drug-likeness (QED) is 0.417. The van der Waals surface area contributed by atoms with Gasteiger partial charge in [-0.2, -0.15) is 5.26 Å². The molecule has 3 aromatic carbocycles. The summed E-state index contributed by atoms with van der Waals surface area (Å²) < 4.78 is 33.5. The van der Waals surface area contributed by atoms with Gasteiger partial charge in [-0.25, -0.2) is 12.4 Å². The highest BCUT2D eigenvalue weighted by Crippen LogP contribution is 2.34. The Balaban J connectivity index is 1.82. The highest BCUT2D eigenvalue weighted by atomic mass is 32.2. The second-order valence-electron chi connectivity index (χ2n) is 7.02. The number of aldehydes is 1. The van der Waals surface area contributed by atoms with Gasteiger partial charge in [0.05, 0.1) is 22.0 Å². The first kappa shape index (κ1) is 20.4. The van der Waals surface area contributed by atoms with E-state index in [-0.39, 0.29) is 11.3 Å². The number of nitriles is 1. The fraction of sp³-hybridized carbons (Fsp3) is 0.0833. The summed E-state index contributed by atoms with van der Waals surface area (Å²) in [7, 11) is -3.80. The number of hydrogen-bond donors (Lipinski definition) is 0. The lowest BCUT2D eigenvalue weighted by atomic mass is 10.1. The number of hydrogen-bond acceptors (Lipinski definition) is 5. The van der Waals surface area contributed by atoms with Crippen LogP contribution in [0.4, 0.5) is 0 Å². The average Bonchev–Trinajstić information content (AvgIpc) is 3.21. The minimum atomic E-state index is -3.80. The highest BCUT2D eigenvalue weighted by molar-refractivity contribution is 7.90. The topological polar surface area (TPSA) is 89.2 Å². The number of aryl methyl sites for hydroxylation is 1. The lowest BCUT2D eigenvalue weighted by Crippen LogP contribution is -2.11. The van der Waals surface area contributed by atoms with Crippen molar-refractivity contribution in [3.05, 3.63) is 89.6 Å². The molecule has 154 valence electrons. The molecule has 0 saturated heterocycles. The number of rotatable bonds is 6. The second-order valence-corrected chi connectivity index (χ2v) is 8.83. The SMILES string of the molecule is Cc1ccc(S(=O)(=O)n2ccc3c(CC=O)c(Oc4cccc(C#N)c4)ccc32)cc1. The van der Waals surface area contributed by atoms with Gasteiger partial charge in [0.25, 0.3) is 10.0 Å². The summed E-state index contributed by atoms with van der Waals surface area (Å²) >= 11 is 0. The fourth-order valence-corrected chi connectivity index (χ4v) is 4.76. The van der Waals surface area contributed by atoms with Crippen LogP contribution in [0.1, 0.15) is 16.7 Å². The molecule has 6 nitrogen and oxygen atoms in total. The van der Waals surface area contributed by atoms with E-state index >= 15 is 0 Å². The fourth-order valence-electron chi connectivity index (χ4n) is 3.41. The van der Waals surface area contributed by atoms with Gasteiger partial charge in [0.1, 0.15) is 17.8 Å². The zero-order valence-corrected chi connectivity index (χ0v) is 17.5. The van der Waals surface area contributed by atoms with Crippen LogP contribution in [-0.4, -0.2) is 18.7 Å². The Hall–Kier alpha value is -3.89. The molecule has 31 heavy (non-hydrogen) atoms. The van der Waals surface area contributed by atoms with E-state index in [0.717, 1.165) is 11.8 Å². The van der Waals surface area contributed by atoms with Crippen LogP contribution in [-0.2, 0) is 21.2 Å². The van der Waals surface area contributed by atoms with Gasteiger partial charge in [-0.15, -0.1) is 0 Å². The van der Waals surface area contributed by atoms with E-state index in [4.69, 9.17) is 10.00 Å². The molecule has 4 aromatic rings. The predicted molar refractivity (Wildman–Crippen MR) is 117 cm³/mol. The molecule has 4 rings (SSSR count). The Labute approximate surface area is 180 Å². The number of aromatic nitrogens is 1. The zero-order chi connectivity index (χ0) is 22.0. The van der Waals surface area contributed by atoms with Crippen LogP contribution in [0.3, 0.4) is 0 Å². The van der Waals surface area contributed by atoms with Crippen molar-refractivity contribution >= 4 is 27.2 Å². The van der Waals surface area contributed by atoms with Crippen molar-refractivity contribution in [1.29, 1.82) is 5.26 Å². The van der Waals surface area contributed by atoms with E-state index in [1.165, 1.54) is 10.2 Å². The first-order valence-electron chi connectivity index (χ1n) is 9.51. The van der Waals surface area contributed by atoms with Crippen molar-refractivity contribution in [2.45, 2.75) is 18.2 Å². The predicted octanol–water partition coefficient (Wildman–Crippen LogP) is 4.59. The van der Waals surface area contributed by atoms with E-state index in [1.54, 1.807) is 66.7 Å². The number of ether oxygens (including phenoxy) is 1. The van der Waals surface area contributed by atoms with Crippen molar-refractivity contribution in [2.75, 3.05) is 0 Å². The average molecular weight is 430 g/mol. The van der Waals surface area contributed by atoms with Crippen LogP contribution in [0.2, 0.25) is 0 Å². The lowest BCUT2D eigenvalue weighted by molar-refractivity contribution is -0.107. The lowest BCUT2D eigenvalue weighted by Gasteiger charge is -2.13. The molecule has 0 unspecified atom stereocenters. The van der Waals surface area contributed by atoms with Gasteiger partial charge in [-0.05, 0) is 55.5 Å². The number of nitrogens with zero attached hydrogens (tertiary/aromatic N) is 2. The third-order valence-electron chi connectivity index (χ3n) is 4.96. The normalized spacial score (nSPS) is 11.2. The van der Waals surface area contributed by atoms with Crippen molar-refractivity contribution in [2.24, 2.45) is 0 Å². The largest absolute Gasteiger partial charge is 0.457 e. The molecule has 0 spiro atoms. The summed E-state index contributed by atoms with van der Waals surface area (Å²) in [6, 6.07) is 20.3. The molecular weight excluding hydrogens is 412 g/mol. The molecule has 0 aliphatic carbocycles. The summed E-state index contributed by atoms with van der Waals surface area (Å²) in [5.41, 5.74) is 2.45. The molecule has 0 N–H and O–H groups in total. The molecule has 7 heteroatoms. The first-order chi connectivity index (χ1) is 14.9. The summed E-state index contributed by atoms with van der Waals surface area (Å²) in [5, 5.41) is 9.69. The third kappa shape index (κ3) is 3.81. The van der Waals surface area contributed by atoms with Crippen LogP contribution in [0.15, 0.2) is 77.8 Å². The van der Waals surface area contributed by atoms with Crippen LogP contribution in [0.5, 0.6) is 11.5 Å². The number of carbonyl (C=O) groups excluding carboxylic acids is 1. The van der Waals surface area contributed by atoms with Gasteiger partial charge in [0, 0.05) is 23.6 Å². The van der Waals surface area contributed by atoms with E-state index in [9.17, 15) is 13.2 Å². The maximum atomic E-state index is 13.2. The minimum absolute atomic E-state index is 0.0548. The Kier molecular flexibility index (Phi) is 5.32. The maximum Gasteiger partial charge on any atom is 0.268 e. The summed E-state index contributed by atoms with van der Waals surface area (Å²) in [6.07, 6.45) is 2.28. The number of carbonyl (C=O) groups is 1. The van der Waals surface area contributed by atoms with Gasteiger partial charge in [-0.3, -0.25) is 0 Å². The molecule has 0 aliphatic heterocycles. The van der Waals surface area contributed by atoms with Crippen LogP contribution >= 0.6 is 0 Å². The van der Waals surface area contributed by atoms with Gasteiger partial charge in [0.15, 0.2) is 0 Å². The minimum Gasteiger partial charge on any atom is -0.457 e. The first-order valence-corrected chi connectivity index (χ1v) is 10.9. The molecule has 0 atom stereocenters. The van der Waals surface area contributed by atoms with Crippen molar-refractivity contribution in [1.82, 2.24) is 3.97 Å². The van der Waals surface area contributed by atoms with Gasteiger partial charge in [-0.1, -0.05) is 23.8 Å². The Morgan fingerprint density at radius 3 is 2.55 bits per heavy atom. The van der Waals surface area contributed by atoms with Crippen molar-refractivity contribution in [3.63, 3.8) is 0 Å². The highest BCUT2D eigenvalue weighted by Gasteiger charge is 2.21. The molecule has 0 fully saturated rings. The second kappa shape index (κ2) is 8.09.